The van der Waals surface area contributed by atoms with Crippen molar-refractivity contribution in [3.8, 4) is 5.75 Å². The average molecular weight is 295 g/mol. The molecular formula is C18H30OS. The summed E-state index contributed by atoms with van der Waals surface area (Å²) in [6, 6.07) is 2.10. The van der Waals surface area contributed by atoms with Gasteiger partial charge in [0, 0.05) is 10.5 Å². The molecule has 0 saturated carbocycles. The quantitative estimate of drug-likeness (QED) is 0.631. The first-order chi connectivity index (χ1) is 9.28. The Bertz CT molecular complexity index is 449. The molecule has 0 aliphatic heterocycles. The van der Waals surface area contributed by atoms with E-state index in [1.54, 1.807) is 0 Å². The molecule has 0 aromatic heterocycles. The highest BCUT2D eigenvalue weighted by Crippen LogP contribution is 2.36. The Morgan fingerprint density at radius 2 is 1.75 bits per heavy atom. The highest BCUT2D eigenvalue weighted by Gasteiger charge is 2.19. The number of unbranched alkanes of at least 4 members (excludes halogenated alkanes) is 2. The number of thioether (sulfide) groups is 1. The van der Waals surface area contributed by atoms with Crippen molar-refractivity contribution in [3.05, 3.63) is 28.3 Å². The maximum atomic E-state index is 10.1. The van der Waals surface area contributed by atoms with Crippen molar-refractivity contribution in [3.63, 3.8) is 0 Å². The average Bonchev–Trinajstić information content (AvgIpc) is 2.36. The summed E-state index contributed by atoms with van der Waals surface area (Å²) in [5, 5.41) is 10.1. The van der Waals surface area contributed by atoms with Crippen LogP contribution in [0.3, 0.4) is 0 Å². The fourth-order valence-corrected chi connectivity index (χ4v) is 3.85. The van der Waals surface area contributed by atoms with Gasteiger partial charge in [0.25, 0.3) is 0 Å². The molecule has 0 unspecified atom stereocenters. The Hall–Kier alpha value is -0.630. The zero-order valence-electron chi connectivity index (χ0n) is 14.0. The predicted molar refractivity (Wildman–Crippen MR) is 91.8 cm³/mol. The van der Waals surface area contributed by atoms with Crippen LogP contribution in [0.5, 0.6) is 5.75 Å². The molecule has 1 rings (SSSR count). The van der Waals surface area contributed by atoms with E-state index in [9.17, 15) is 5.11 Å². The van der Waals surface area contributed by atoms with E-state index in [-0.39, 0.29) is 0 Å². The summed E-state index contributed by atoms with van der Waals surface area (Å²) in [6.07, 6.45) is 5.19. The number of phenols is 1. The normalized spacial score (nSPS) is 11.9. The van der Waals surface area contributed by atoms with E-state index in [0.717, 1.165) is 16.9 Å². The van der Waals surface area contributed by atoms with Crippen LogP contribution in [0.2, 0.25) is 0 Å². The molecule has 1 N–H and O–H groups in total. The Morgan fingerprint density at radius 3 is 2.35 bits per heavy atom. The minimum absolute atomic E-state index is 0.314. The fraction of sp³-hybridized carbons (Fsp3) is 0.667. The lowest BCUT2D eigenvalue weighted by Crippen LogP contribution is -2.15. The molecule has 0 fully saturated rings. The Morgan fingerprint density at radius 1 is 1.10 bits per heavy atom. The molecule has 0 aliphatic carbocycles. The molecular weight excluding hydrogens is 264 g/mol. The van der Waals surface area contributed by atoms with Crippen molar-refractivity contribution in [1.82, 2.24) is 0 Å². The standard InChI is InChI=1S/C18H30OS/c1-7-8-9-10-18(5,6)20-12-16-13(2)11-14(3)17(19)15(16)4/h11,19H,7-10,12H2,1-6H3. The topological polar surface area (TPSA) is 20.2 Å². The SMILES string of the molecule is CCCCCC(C)(C)SCc1c(C)cc(C)c(O)c1C. The van der Waals surface area contributed by atoms with Gasteiger partial charge in [-0.1, -0.05) is 46.1 Å². The van der Waals surface area contributed by atoms with E-state index in [2.05, 4.69) is 33.8 Å². The van der Waals surface area contributed by atoms with E-state index < -0.39 is 0 Å². The summed E-state index contributed by atoms with van der Waals surface area (Å²) >= 11 is 2.01. The molecule has 2 heteroatoms. The molecule has 114 valence electrons. The highest BCUT2D eigenvalue weighted by atomic mass is 32.2. The van der Waals surface area contributed by atoms with Gasteiger partial charge in [0.2, 0.25) is 0 Å². The van der Waals surface area contributed by atoms with Gasteiger partial charge in [0.15, 0.2) is 0 Å². The van der Waals surface area contributed by atoms with Crippen LogP contribution in [0, 0.1) is 20.8 Å². The molecule has 1 aromatic carbocycles. The fourth-order valence-electron chi connectivity index (χ4n) is 2.58. The van der Waals surface area contributed by atoms with E-state index >= 15 is 0 Å². The molecule has 1 aromatic rings. The summed E-state index contributed by atoms with van der Waals surface area (Å²) in [5.74, 6) is 1.46. The van der Waals surface area contributed by atoms with Gasteiger partial charge in [-0.2, -0.15) is 11.8 Å². The minimum Gasteiger partial charge on any atom is -0.507 e. The molecule has 0 atom stereocenters. The van der Waals surface area contributed by atoms with Crippen LogP contribution < -0.4 is 0 Å². The Balaban J connectivity index is 2.72. The lowest BCUT2D eigenvalue weighted by atomic mass is 10.00. The lowest BCUT2D eigenvalue weighted by molar-refractivity contribution is 0.466. The number of phenolic OH excluding ortho intramolecular Hbond substituents is 1. The van der Waals surface area contributed by atoms with Gasteiger partial charge >= 0.3 is 0 Å². The minimum atomic E-state index is 0.314. The van der Waals surface area contributed by atoms with Gasteiger partial charge in [0.1, 0.15) is 5.75 Å². The summed E-state index contributed by atoms with van der Waals surface area (Å²) < 4.78 is 0.314. The van der Waals surface area contributed by atoms with Crippen molar-refractivity contribution in [2.45, 2.75) is 77.7 Å². The van der Waals surface area contributed by atoms with Crippen LogP contribution in [-0.2, 0) is 5.75 Å². The molecule has 0 saturated heterocycles. The largest absolute Gasteiger partial charge is 0.507 e. The van der Waals surface area contributed by atoms with Crippen LogP contribution in [0.25, 0.3) is 0 Å². The molecule has 0 bridgehead atoms. The van der Waals surface area contributed by atoms with Gasteiger partial charge in [0.05, 0.1) is 0 Å². The Labute approximate surface area is 129 Å². The molecule has 0 radical (unpaired) electrons. The second-order valence-electron chi connectivity index (χ2n) is 6.47. The van der Waals surface area contributed by atoms with E-state index in [0.29, 0.717) is 10.5 Å². The predicted octanol–water partition coefficient (Wildman–Crippen LogP) is 5.91. The lowest BCUT2D eigenvalue weighted by Gasteiger charge is -2.25. The van der Waals surface area contributed by atoms with Gasteiger partial charge in [-0.15, -0.1) is 0 Å². The molecule has 0 spiro atoms. The van der Waals surface area contributed by atoms with Crippen molar-refractivity contribution in [1.29, 1.82) is 0 Å². The zero-order valence-corrected chi connectivity index (χ0v) is 14.8. The van der Waals surface area contributed by atoms with Gasteiger partial charge in [-0.05, 0) is 49.4 Å². The maximum Gasteiger partial charge on any atom is 0.121 e. The number of hydrogen-bond donors (Lipinski definition) is 1. The second kappa shape index (κ2) is 7.40. The molecule has 1 nitrogen and oxygen atoms in total. The van der Waals surface area contributed by atoms with Crippen LogP contribution in [-0.4, -0.2) is 9.85 Å². The van der Waals surface area contributed by atoms with Crippen molar-refractivity contribution in [2.75, 3.05) is 0 Å². The first-order valence-electron chi connectivity index (χ1n) is 7.71. The van der Waals surface area contributed by atoms with Gasteiger partial charge in [-0.25, -0.2) is 0 Å². The summed E-state index contributed by atoms with van der Waals surface area (Å²) in [7, 11) is 0. The third kappa shape index (κ3) is 4.73. The zero-order chi connectivity index (χ0) is 15.3. The summed E-state index contributed by atoms with van der Waals surface area (Å²) in [6.45, 7) is 13.1. The van der Waals surface area contributed by atoms with E-state index in [1.165, 1.54) is 36.8 Å². The maximum absolute atomic E-state index is 10.1. The van der Waals surface area contributed by atoms with E-state index in [4.69, 9.17) is 0 Å². The summed E-state index contributed by atoms with van der Waals surface area (Å²) in [4.78, 5) is 0. The molecule has 0 heterocycles. The third-order valence-corrected chi connectivity index (χ3v) is 5.50. The number of hydrogen-bond acceptors (Lipinski definition) is 2. The molecule has 0 aliphatic rings. The van der Waals surface area contributed by atoms with Crippen molar-refractivity contribution >= 4 is 11.8 Å². The molecule has 20 heavy (non-hydrogen) atoms. The number of aromatic hydroxyl groups is 1. The first-order valence-corrected chi connectivity index (χ1v) is 8.69. The van der Waals surface area contributed by atoms with Crippen molar-refractivity contribution in [2.24, 2.45) is 0 Å². The van der Waals surface area contributed by atoms with Crippen LogP contribution in [0.1, 0.15) is 68.7 Å². The Kier molecular flexibility index (Phi) is 6.44. The van der Waals surface area contributed by atoms with Crippen molar-refractivity contribution < 1.29 is 5.11 Å². The molecule has 0 amide bonds. The second-order valence-corrected chi connectivity index (χ2v) is 8.15. The smallest absolute Gasteiger partial charge is 0.121 e. The first kappa shape index (κ1) is 17.4. The van der Waals surface area contributed by atoms with Gasteiger partial charge in [-0.3, -0.25) is 0 Å². The van der Waals surface area contributed by atoms with Crippen LogP contribution >= 0.6 is 11.8 Å². The van der Waals surface area contributed by atoms with Crippen LogP contribution in [0.15, 0.2) is 6.07 Å². The number of rotatable bonds is 7. The number of benzene rings is 1. The summed E-state index contributed by atoms with van der Waals surface area (Å²) in [5.41, 5.74) is 4.65. The monoisotopic (exact) mass is 294 g/mol. The van der Waals surface area contributed by atoms with E-state index in [1.807, 2.05) is 25.6 Å². The van der Waals surface area contributed by atoms with Gasteiger partial charge < -0.3 is 5.11 Å². The number of aryl methyl sites for hydroxylation is 2. The highest BCUT2D eigenvalue weighted by molar-refractivity contribution is 7.99. The van der Waals surface area contributed by atoms with Crippen LogP contribution in [0.4, 0.5) is 0 Å². The third-order valence-electron chi connectivity index (χ3n) is 4.08.